The van der Waals surface area contributed by atoms with Crippen molar-refractivity contribution in [3.05, 3.63) is 66.0 Å². The SMILES string of the molecule is O=C(NCCc1ccccc1)[C@@H]1CCCN(S(=O)(=O)c2ccc(F)cc2)C1. The van der Waals surface area contributed by atoms with Gasteiger partial charge in [-0.05, 0) is 49.1 Å². The van der Waals surface area contributed by atoms with E-state index in [1.807, 2.05) is 30.3 Å². The topological polar surface area (TPSA) is 66.5 Å². The molecule has 1 amide bonds. The van der Waals surface area contributed by atoms with Gasteiger partial charge in [0.2, 0.25) is 15.9 Å². The van der Waals surface area contributed by atoms with Gasteiger partial charge >= 0.3 is 0 Å². The third-order valence-corrected chi connectivity index (χ3v) is 6.64. The van der Waals surface area contributed by atoms with Crippen LogP contribution >= 0.6 is 0 Å². The minimum atomic E-state index is -3.72. The molecular formula is C20H23FN2O3S. The summed E-state index contributed by atoms with van der Waals surface area (Å²) in [5, 5.41) is 2.91. The number of hydrogen-bond acceptors (Lipinski definition) is 3. The standard InChI is InChI=1S/C20H23FN2O3S/c21-18-8-10-19(11-9-18)27(25,26)23-14-4-7-17(15-23)20(24)22-13-12-16-5-2-1-3-6-16/h1-3,5-6,8-11,17H,4,7,12-15H2,(H,22,24)/t17-/m1/s1. The van der Waals surface area contributed by atoms with Gasteiger partial charge in [0, 0.05) is 19.6 Å². The van der Waals surface area contributed by atoms with Crippen LogP contribution in [0.3, 0.4) is 0 Å². The van der Waals surface area contributed by atoms with Gasteiger partial charge < -0.3 is 5.32 Å². The van der Waals surface area contributed by atoms with Crippen LogP contribution in [-0.4, -0.2) is 38.3 Å². The highest BCUT2D eigenvalue weighted by Gasteiger charge is 2.33. The number of rotatable bonds is 6. The number of benzene rings is 2. The fourth-order valence-electron chi connectivity index (χ4n) is 3.25. The van der Waals surface area contributed by atoms with Crippen molar-refractivity contribution in [3.63, 3.8) is 0 Å². The molecule has 0 radical (unpaired) electrons. The van der Waals surface area contributed by atoms with Crippen LogP contribution in [0, 0.1) is 11.7 Å². The zero-order valence-electron chi connectivity index (χ0n) is 15.0. The highest BCUT2D eigenvalue weighted by atomic mass is 32.2. The minimum Gasteiger partial charge on any atom is -0.355 e. The Morgan fingerprint density at radius 2 is 1.81 bits per heavy atom. The molecule has 0 aromatic heterocycles. The molecule has 2 aromatic rings. The Balaban J connectivity index is 1.58. The van der Waals surface area contributed by atoms with Gasteiger partial charge in [0.15, 0.2) is 0 Å². The van der Waals surface area contributed by atoms with Crippen LogP contribution in [0.5, 0.6) is 0 Å². The number of halogens is 1. The number of hydrogen-bond donors (Lipinski definition) is 1. The molecule has 0 aliphatic carbocycles. The van der Waals surface area contributed by atoms with E-state index in [2.05, 4.69) is 5.32 Å². The lowest BCUT2D eigenvalue weighted by atomic mass is 9.99. The first-order chi connectivity index (χ1) is 13.0. The Labute approximate surface area is 159 Å². The monoisotopic (exact) mass is 390 g/mol. The van der Waals surface area contributed by atoms with Gasteiger partial charge in [0.25, 0.3) is 0 Å². The fraction of sp³-hybridized carbons (Fsp3) is 0.350. The van der Waals surface area contributed by atoms with E-state index in [4.69, 9.17) is 0 Å². The molecule has 2 aromatic carbocycles. The van der Waals surface area contributed by atoms with Crippen LogP contribution in [0.4, 0.5) is 4.39 Å². The van der Waals surface area contributed by atoms with Crippen molar-refractivity contribution in [1.82, 2.24) is 9.62 Å². The zero-order chi connectivity index (χ0) is 19.3. The van der Waals surface area contributed by atoms with Gasteiger partial charge in [-0.25, -0.2) is 12.8 Å². The average Bonchev–Trinajstić information content (AvgIpc) is 2.69. The Morgan fingerprint density at radius 1 is 1.11 bits per heavy atom. The summed E-state index contributed by atoms with van der Waals surface area (Å²) in [5.41, 5.74) is 1.14. The second kappa shape index (κ2) is 8.63. The number of carbonyl (C=O) groups excluding carboxylic acids is 1. The lowest BCUT2D eigenvalue weighted by Gasteiger charge is -2.31. The maximum atomic E-state index is 13.1. The van der Waals surface area contributed by atoms with Crippen molar-refractivity contribution in [2.24, 2.45) is 5.92 Å². The van der Waals surface area contributed by atoms with Crippen LogP contribution in [0.15, 0.2) is 59.5 Å². The summed E-state index contributed by atoms with van der Waals surface area (Å²) in [6.45, 7) is 1.04. The summed E-state index contributed by atoms with van der Waals surface area (Å²) < 4.78 is 39.9. The van der Waals surface area contributed by atoms with Crippen molar-refractivity contribution in [1.29, 1.82) is 0 Å². The molecule has 144 valence electrons. The normalized spacial score (nSPS) is 18.2. The molecule has 1 heterocycles. The molecule has 0 spiro atoms. The highest BCUT2D eigenvalue weighted by Crippen LogP contribution is 2.24. The van der Waals surface area contributed by atoms with E-state index < -0.39 is 15.8 Å². The van der Waals surface area contributed by atoms with Gasteiger partial charge in [-0.3, -0.25) is 4.79 Å². The molecule has 3 rings (SSSR count). The van der Waals surface area contributed by atoms with Crippen LogP contribution in [0.2, 0.25) is 0 Å². The first-order valence-corrected chi connectivity index (χ1v) is 10.5. The van der Waals surface area contributed by atoms with Crippen molar-refractivity contribution in [3.8, 4) is 0 Å². The Hall–Kier alpha value is -2.25. The summed E-state index contributed by atoms with van der Waals surface area (Å²) >= 11 is 0. The first-order valence-electron chi connectivity index (χ1n) is 9.04. The highest BCUT2D eigenvalue weighted by molar-refractivity contribution is 7.89. The van der Waals surface area contributed by atoms with Gasteiger partial charge in [0.1, 0.15) is 5.82 Å². The van der Waals surface area contributed by atoms with E-state index in [0.717, 1.165) is 24.1 Å². The zero-order valence-corrected chi connectivity index (χ0v) is 15.8. The lowest BCUT2D eigenvalue weighted by molar-refractivity contribution is -0.126. The van der Waals surface area contributed by atoms with E-state index in [9.17, 15) is 17.6 Å². The molecule has 27 heavy (non-hydrogen) atoms. The molecule has 1 N–H and O–H groups in total. The summed E-state index contributed by atoms with van der Waals surface area (Å²) in [7, 11) is -3.72. The first kappa shape index (κ1) is 19.5. The second-order valence-electron chi connectivity index (χ2n) is 6.68. The van der Waals surface area contributed by atoms with Crippen LogP contribution in [0.1, 0.15) is 18.4 Å². The Bertz CT molecular complexity index is 870. The predicted molar refractivity (Wildman–Crippen MR) is 101 cm³/mol. The van der Waals surface area contributed by atoms with Gasteiger partial charge in [-0.2, -0.15) is 4.31 Å². The lowest BCUT2D eigenvalue weighted by Crippen LogP contribution is -2.45. The quantitative estimate of drug-likeness (QED) is 0.824. The molecule has 1 aliphatic rings. The third-order valence-electron chi connectivity index (χ3n) is 4.76. The largest absolute Gasteiger partial charge is 0.355 e. The van der Waals surface area contributed by atoms with E-state index >= 15 is 0 Å². The molecule has 0 bridgehead atoms. The fourth-order valence-corrected chi connectivity index (χ4v) is 4.77. The van der Waals surface area contributed by atoms with Crippen molar-refractivity contribution in [2.45, 2.75) is 24.2 Å². The Kier molecular flexibility index (Phi) is 6.23. The van der Waals surface area contributed by atoms with Crippen molar-refractivity contribution in [2.75, 3.05) is 19.6 Å². The Morgan fingerprint density at radius 3 is 2.52 bits per heavy atom. The molecular weight excluding hydrogens is 367 g/mol. The predicted octanol–water partition coefficient (Wildman–Crippen LogP) is 2.59. The minimum absolute atomic E-state index is 0.0500. The summed E-state index contributed by atoms with van der Waals surface area (Å²) in [5.74, 6) is -0.974. The number of nitrogens with one attached hydrogen (secondary N) is 1. The smallest absolute Gasteiger partial charge is 0.243 e. The second-order valence-corrected chi connectivity index (χ2v) is 8.62. The summed E-state index contributed by atoms with van der Waals surface area (Å²) in [6.07, 6.45) is 2.01. The molecule has 1 fully saturated rings. The van der Waals surface area contributed by atoms with Crippen LogP contribution in [-0.2, 0) is 21.2 Å². The molecule has 5 nitrogen and oxygen atoms in total. The van der Waals surface area contributed by atoms with Gasteiger partial charge in [0.05, 0.1) is 10.8 Å². The van der Waals surface area contributed by atoms with E-state index in [-0.39, 0.29) is 23.3 Å². The molecule has 1 saturated heterocycles. The van der Waals surface area contributed by atoms with Crippen LogP contribution in [0.25, 0.3) is 0 Å². The molecule has 0 saturated carbocycles. The summed E-state index contributed by atoms with van der Waals surface area (Å²) in [6, 6.07) is 14.6. The summed E-state index contributed by atoms with van der Waals surface area (Å²) in [4.78, 5) is 12.5. The van der Waals surface area contributed by atoms with Gasteiger partial charge in [-0.1, -0.05) is 30.3 Å². The number of piperidine rings is 1. The van der Waals surface area contributed by atoms with Crippen molar-refractivity contribution >= 4 is 15.9 Å². The molecule has 7 heteroatoms. The number of nitrogens with zero attached hydrogens (tertiary/aromatic N) is 1. The van der Waals surface area contributed by atoms with E-state index in [1.165, 1.54) is 16.4 Å². The van der Waals surface area contributed by atoms with Crippen molar-refractivity contribution < 1.29 is 17.6 Å². The number of amides is 1. The number of sulfonamides is 1. The molecule has 1 aliphatic heterocycles. The van der Waals surface area contributed by atoms with E-state index in [0.29, 0.717) is 25.9 Å². The molecule has 0 unspecified atom stereocenters. The maximum absolute atomic E-state index is 13.1. The number of carbonyl (C=O) groups is 1. The van der Waals surface area contributed by atoms with Crippen LogP contribution < -0.4 is 5.32 Å². The van der Waals surface area contributed by atoms with Gasteiger partial charge in [-0.15, -0.1) is 0 Å². The third kappa shape index (κ3) is 4.93. The maximum Gasteiger partial charge on any atom is 0.243 e. The molecule has 1 atom stereocenters. The average molecular weight is 390 g/mol. The van der Waals surface area contributed by atoms with E-state index in [1.54, 1.807) is 0 Å².